The number of rotatable bonds is 2. The molecule has 5 heteroatoms. The quantitative estimate of drug-likeness (QED) is 0.731. The molecule has 1 N–H and O–H groups in total. The van der Waals surface area contributed by atoms with Crippen LogP contribution < -0.4 is 5.69 Å². The van der Waals surface area contributed by atoms with Crippen molar-refractivity contribution in [2.24, 2.45) is 0 Å². The van der Waals surface area contributed by atoms with Crippen molar-refractivity contribution >= 4 is 0 Å². The molecule has 0 bridgehead atoms. The van der Waals surface area contributed by atoms with Crippen molar-refractivity contribution in [3.05, 3.63) is 16.3 Å². The van der Waals surface area contributed by atoms with Gasteiger partial charge < -0.3 is 0 Å². The lowest BCUT2D eigenvalue weighted by molar-refractivity contribution is 0.446. The first-order valence-corrected chi connectivity index (χ1v) is 3.99. The molecule has 0 aromatic carbocycles. The average Bonchev–Trinajstić information content (AvgIpc) is 2.49. The molecule has 0 aliphatic rings. The summed E-state index contributed by atoms with van der Waals surface area (Å²) < 4.78 is 13.2. The van der Waals surface area contributed by atoms with Gasteiger partial charge >= 0.3 is 5.69 Å². The molecule has 70 valence electrons. The number of halogens is 1. The van der Waals surface area contributed by atoms with Crippen molar-refractivity contribution in [2.75, 3.05) is 0 Å². The minimum absolute atomic E-state index is 0.160. The molecular weight excluding hydrogens is 161 g/mol. The van der Waals surface area contributed by atoms with E-state index in [1.165, 1.54) is 4.57 Å². The number of H-pyrrole nitrogens is 1. The molecular formula is C7H14FN3O. The third-order valence-corrected chi connectivity index (χ3v) is 1.27. The first kappa shape index (κ1) is 10.9. The Kier molecular flexibility index (Phi) is 4.99. The summed E-state index contributed by atoms with van der Waals surface area (Å²) in [6.07, 6.45) is 0. The van der Waals surface area contributed by atoms with Gasteiger partial charge in [-0.2, -0.15) is 5.10 Å². The fourth-order valence-electron chi connectivity index (χ4n) is 0.778. The van der Waals surface area contributed by atoms with Gasteiger partial charge in [0.25, 0.3) is 0 Å². The van der Waals surface area contributed by atoms with Gasteiger partial charge in [0.2, 0.25) is 0 Å². The third kappa shape index (κ3) is 2.18. The minimum Gasteiger partial charge on any atom is -0.277 e. The van der Waals surface area contributed by atoms with Crippen LogP contribution in [-0.4, -0.2) is 14.8 Å². The molecule has 0 saturated carbocycles. The highest BCUT2D eigenvalue weighted by Crippen LogP contribution is 1.91. The van der Waals surface area contributed by atoms with Gasteiger partial charge in [-0.25, -0.2) is 14.3 Å². The van der Waals surface area contributed by atoms with E-state index < -0.39 is 6.67 Å². The van der Waals surface area contributed by atoms with Crippen molar-refractivity contribution in [1.82, 2.24) is 14.8 Å². The van der Waals surface area contributed by atoms with E-state index in [1.807, 2.05) is 13.8 Å². The molecule has 0 amide bonds. The summed E-state index contributed by atoms with van der Waals surface area (Å²) >= 11 is 0. The maximum absolute atomic E-state index is 11.9. The maximum Gasteiger partial charge on any atom is 0.343 e. The topological polar surface area (TPSA) is 50.7 Å². The summed E-state index contributed by atoms with van der Waals surface area (Å²) in [7, 11) is 0. The zero-order valence-electron chi connectivity index (χ0n) is 7.59. The average molecular weight is 175 g/mol. The highest BCUT2D eigenvalue weighted by molar-refractivity contribution is 4.82. The van der Waals surface area contributed by atoms with Crippen molar-refractivity contribution in [3.8, 4) is 0 Å². The van der Waals surface area contributed by atoms with E-state index in [-0.39, 0.29) is 11.5 Å². The molecule has 0 spiro atoms. The van der Waals surface area contributed by atoms with Gasteiger partial charge in [0.15, 0.2) is 5.82 Å². The van der Waals surface area contributed by atoms with Crippen molar-refractivity contribution in [1.29, 1.82) is 0 Å². The number of alkyl halides is 1. The molecule has 1 rings (SSSR count). The van der Waals surface area contributed by atoms with Gasteiger partial charge in [0.05, 0.1) is 0 Å². The molecule has 1 aromatic heterocycles. The smallest absolute Gasteiger partial charge is 0.277 e. The Labute approximate surface area is 70.4 Å². The standard InChI is InChI=1S/C5H8FN3O.C2H6/c1-2-9-4(3-6)7-8-5(9)10;1-2/h2-3H2,1H3,(H,8,10);1-2H3. The second-order valence-corrected chi connectivity index (χ2v) is 1.82. The minimum atomic E-state index is -0.702. The van der Waals surface area contributed by atoms with E-state index in [9.17, 15) is 9.18 Å². The zero-order chi connectivity index (χ0) is 9.56. The Morgan fingerprint density at radius 3 is 2.50 bits per heavy atom. The normalized spacial score (nSPS) is 9.00. The lowest BCUT2D eigenvalue weighted by atomic mass is 10.6. The Morgan fingerprint density at radius 2 is 2.17 bits per heavy atom. The van der Waals surface area contributed by atoms with Crippen LogP contribution in [0.3, 0.4) is 0 Å². The highest BCUT2D eigenvalue weighted by Gasteiger charge is 2.03. The van der Waals surface area contributed by atoms with Gasteiger partial charge in [0, 0.05) is 6.54 Å². The largest absolute Gasteiger partial charge is 0.343 e. The van der Waals surface area contributed by atoms with Crippen molar-refractivity contribution in [2.45, 2.75) is 34.0 Å². The molecule has 0 atom stereocenters. The molecule has 0 fully saturated rings. The predicted molar refractivity (Wildman–Crippen MR) is 44.7 cm³/mol. The van der Waals surface area contributed by atoms with Crippen LogP contribution in [0.1, 0.15) is 26.6 Å². The van der Waals surface area contributed by atoms with Gasteiger partial charge in [-0.1, -0.05) is 13.8 Å². The van der Waals surface area contributed by atoms with Gasteiger partial charge in [-0.15, -0.1) is 0 Å². The number of aromatic nitrogens is 3. The number of nitrogens with zero attached hydrogens (tertiary/aromatic N) is 2. The number of aromatic amines is 1. The summed E-state index contributed by atoms with van der Waals surface area (Å²) in [4.78, 5) is 10.7. The second-order valence-electron chi connectivity index (χ2n) is 1.82. The molecule has 0 aliphatic carbocycles. The van der Waals surface area contributed by atoms with Crippen LogP contribution in [0.5, 0.6) is 0 Å². The van der Waals surface area contributed by atoms with Crippen LogP contribution in [-0.2, 0) is 13.2 Å². The summed E-state index contributed by atoms with van der Waals surface area (Å²) in [6, 6.07) is 0. The fraction of sp³-hybridized carbons (Fsp3) is 0.714. The first-order chi connectivity index (χ1) is 5.79. The SMILES string of the molecule is CC.CCn1c(CF)n[nH]c1=O. The lowest BCUT2D eigenvalue weighted by Gasteiger charge is -1.94. The van der Waals surface area contributed by atoms with E-state index in [2.05, 4.69) is 10.2 Å². The van der Waals surface area contributed by atoms with E-state index >= 15 is 0 Å². The molecule has 1 aromatic rings. The highest BCUT2D eigenvalue weighted by atomic mass is 19.1. The Hall–Kier alpha value is -1.13. The first-order valence-electron chi connectivity index (χ1n) is 3.99. The van der Waals surface area contributed by atoms with E-state index in [0.29, 0.717) is 6.54 Å². The van der Waals surface area contributed by atoms with Crippen LogP contribution in [0.4, 0.5) is 4.39 Å². The van der Waals surface area contributed by atoms with Gasteiger partial charge in [-0.05, 0) is 6.92 Å². The van der Waals surface area contributed by atoms with Gasteiger partial charge in [0.1, 0.15) is 6.67 Å². The molecule has 0 saturated heterocycles. The Balaban J connectivity index is 0.000000561. The van der Waals surface area contributed by atoms with Crippen LogP contribution in [0.15, 0.2) is 4.79 Å². The van der Waals surface area contributed by atoms with Crippen LogP contribution >= 0.6 is 0 Å². The van der Waals surface area contributed by atoms with E-state index in [4.69, 9.17) is 0 Å². The molecule has 0 unspecified atom stereocenters. The molecule has 4 nitrogen and oxygen atoms in total. The van der Waals surface area contributed by atoms with Crippen LogP contribution in [0.25, 0.3) is 0 Å². The second kappa shape index (κ2) is 5.51. The van der Waals surface area contributed by atoms with Crippen molar-refractivity contribution < 1.29 is 4.39 Å². The van der Waals surface area contributed by atoms with Gasteiger partial charge in [-0.3, -0.25) is 4.57 Å². The third-order valence-electron chi connectivity index (χ3n) is 1.27. The predicted octanol–water partition coefficient (Wildman–Crippen LogP) is 1.09. The number of hydrogen-bond acceptors (Lipinski definition) is 2. The molecule has 0 radical (unpaired) electrons. The summed E-state index contributed by atoms with van der Waals surface area (Å²) in [5.41, 5.74) is -0.352. The summed E-state index contributed by atoms with van der Waals surface area (Å²) in [6.45, 7) is 5.51. The monoisotopic (exact) mass is 175 g/mol. The molecule has 12 heavy (non-hydrogen) atoms. The molecule has 1 heterocycles. The number of nitrogens with one attached hydrogen (secondary N) is 1. The van der Waals surface area contributed by atoms with E-state index in [0.717, 1.165) is 0 Å². The zero-order valence-corrected chi connectivity index (χ0v) is 7.59. The summed E-state index contributed by atoms with van der Waals surface area (Å²) in [5.74, 6) is 0.160. The lowest BCUT2D eigenvalue weighted by Crippen LogP contribution is -2.17. The summed E-state index contributed by atoms with van der Waals surface area (Å²) in [5, 5.41) is 5.61. The fourth-order valence-corrected chi connectivity index (χ4v) is 0.778. The van der Waals surface area contributed by atoms with Crippen LogP contribution in [0, 0.1) is 0 Å². The number of hydrogen-bond donors (Lipinski definition) is 1. The Morgan fingerprint density at radius 1 is 1.58 bits per heavy atom. The molecule has 0 aliphatic heterocycles. The Bertz CT molecular complexity index is 266. The van der Waals surface area contributed by atoms with E-state index in [1.54, 1.807) is 6.92 Å². The maximum atomic E-state index is 11.9. The van der Waals surface area contributed by atoms with Crippen molar-refractivity contribution in [3.63, 3.8) is 0 Å². The van der Waals surface area contributed by atoms with Crippen LogP contribution in [0.2, 0.25) is 0 Å².